The van der Waals surface area contributed by atoms with Gasteiger partial charge in [-0.2, -0.15) is 0 Å². The van der Waals surface area contributed by atoms with E-state index in [9.17, 15) is 0 Å². The average Bonchev–Trinajstić information content (AvgIpc) is 2.39. The molecule has 1 radical (unpaired) electrons. The van der Waals surface area contributed by atoms with Gasteiger partial charge in [0.05, 0.1) is 0 Å². The highest BCUT2D eigenvalue weighted by molar-refractivity contribution is 5.70. The molecule has 0 atom stereocenters. The number of rotatable bonds is 4. The van der Waals surface area contributed by atoms with Gasteiger partial charge >= 0.3 is 0 Å². The quantitative estimate of drug-likeness (QED) is 0.888. The zero-order chi connectivity index (χ0) is 13.0. The Bertz CT molecular complexity index is 518. The van der Waals surface area contributed by atoms with E-state index >= 15 is 0 Å². The van der Waals surface area contributed by atoms with E-state index in [1.54, 1.807) is 0 Å². The van der Waals surface area contributed by atoms with Crippen molar-refractivity contribution in [3.8, 4) is 11.1 Å². The molecule has 0 unspecified atom stereocenters. The van der Waals surface area contributed by atoms with Crippen LogP contribution in [0.5, 0.6) is 0 Å². The third-order valence-electron chi connectivity index (χ3n) is 2.96. The molecule has 0 amide bonds. The van der Waals surface area contributed by atoms with Crippen LogP contribution in [0.2, 0.25) is 0 Å². The molecule has 2 heteroatoms. The molecular weight excluding hydrogens is 220 g/mol. The molecule has 2 aromatic carbocycles. The summed E-state index contributed by atoms with van der Waals surface area (Å²) in [7, 11) is 4.17. The second kappa shape index (κ2) is 5.80. The second-order valence-corrected chi connectivity index (χ2v) is 4.68. The van der Waals surface area contributed by atoms with Gasteiger partial charge in [0.25, 0.3) is 0 Å². The highest BCUT2D eigenvalue weighted by Gasteiger charge is 2.08. The number of nitrogens with two attached hydrogens (primary N) is 1. The minimum absolute atomic E-state index is 0.545. The number of benzene rings is 2. The first-order chi connectivity index (χ1) is 8.72. The summed E-state index contributed by atoms with van der Waals surface area (Å²) in [6.07, 6.45) is 0. The molecule has 18 heavy (non-hydrogen) atoms. The smallest absolute Gasteiger partial charge is 0.0233 e. The summed E-state index contributed by atoms with van der Waals surface area (Å²) in [6, 6.07) is 17.6. The third-order valence-corrected chi connectivity index (χ3v) is 2.96. The second-order valence-electron chi connectivity index (χ2n) is 4.68. The third kappa shape index (κ3) is 2.78. The summed E-state index contributed by atoms with van der Waals surface area (Å²) in [5, 5.41) is 0. The van der Waals surface area contributed by atoms with Crippen LogP contribution in [0, 0.1) is 6.07 Å². The number of hydrogen-bond donors (Lipinski definition) is 1. The summed E-state index contributed by atoms with van der Waals surface area (Å²) >= 11 is 0. The minimum Gasteiger partial charge on any atom is -0.326 e. The molecule has 2 aromatic rings. The van der Waals surface area contributed by atoms with Gasteiger partial charge in [-0.15, -0.1) is 0 Å². The molecule has 0 bridgehead atoms. The predicted octanol–water partition coefficient (Wildman–Crippen LogP) is 2.67. The summed E-state index contributed by atoms with van der Waals surface area (Å²) in [4.78, 5) is 2.18. The fraction of sp³-hybridized carbons (Fsp3) is 0.250. The summed E-state index contributed by atoms with van der Waals surface area (Å²) < 4.78 is 0. The monoisotopic (exact) mass is 239 g/mol. The Balaban J connectivity index is 2.49. The molecule has 0 spiro atoms. The van der Waals surface area contributed by atoms with Crippen LogP contribution >= 0.6 is 0 Å². The molecule has 0 saturated carbocycles. The lowest BCUT2D eigenvalue weighted by atomic mass is 9.95. The van der Waals surface area contributed by atoms with Crippen LogP contribution in [0.15, 0.2) is 42.5 Å². The molecule has 2 N–H and O–H groups in total. The van der Waals surface area contributed by atoms with E-state index in [1.165, 1.54) is 16.7 Å². The first kappa shape index (κ1) is 12.8. The minimum atomic E-state index is 0.545. The molecule has 0 aromatic heterocycles. The maximum Gasteiger partial charge on any atom is 0.0233 e. The van der Waals surface area contributed by atoms with Crippen LogP contribution < -0.4 is 5.73 Å². The standard InChI is InChI=1S/C16H19N2/c1-18(2)12-14-8-4-6-10-16(14)15-9-5-3-7-13(15)11-17/h4-10H,11-12,17H2,1-2H3. The molecule has 0 heterocycles. The van der Waals surface area contributed by atoms with E-state index in [4.69, 9.17) is 5.73 Å². The van der Waals surface area contributed by atoms with Crippen molar-refractivity contribution in [1.82, 2.24) is 4.90 Å². The fourth-order valence-electron chi connectivity index (χ4n) is 2.16. The highest BCUT2D eigenvalue weighted by Crippen LogP contribution is 2.27. The topological polar surface area (TPSA) is 29.3 Å². The van der Waals surface area contributed by atoms with E-state index in [0.29, 0.717) is 6.54 Å². The van der Waals surface area contributed by atoms with E-state index in [1.807, 2.05) is 12.1 Å². The number of hydrogen-bond acceptors (Lipinski definition) is 2. The average molecular weight is 239 g/mol. The Morgan fingerprint density at radius 1 is 1.06 bits per heavy atom. The van der Waals surface area contributed by atoms with Gasteiger partial charge in [-0.3, -0.25) is 0 Å². The maximum absolute atomic E-state index is 5.81. The zero-order valence-electron chi connectivity index (χ0n) is 11.0. The summed E-state index contributed by atoms with van der Waals surface area (Å²) in [5.41, 5.74) is 10.8. The van der Waals surface area contributed by atoms with Gasteiger partial charge in [-0.05, 0) is 48.5 Å². The lowest BCUT2D eigenvalue weighted by Crippen LogP contribution is -2.11. The van der Waals surface area contributed by atoms with Crippen molar-refractivity contribution in [2.45, 2.75) is 13.1 Å². The summed E-state index contributed by atoms with van der Waals surface area (Å²) in [5.74, 6) is 0. The van der Waals surface area contributed by atoms with Gasteiger partial charge in [0.2, 0.25) is 0 Å². The van der Waals surface area contributed by atoms with E-state index in [2.05, 4.69) is 55.4 Å². The van der Waals surface area contributed by atoms with E-state index < -0.39 is 0 Å². The van der Waals surface area contributed by atoms with Gasteiger partial charge in [0, 0.05) is 13.1 Å². The molecular formula is C16H19N2. The highest BCUT2D eigenvalue weighted by atomic mass is 15.0. The van der Waals surface area contributed by atoms with Crippen molar-refractivity contribution >= 4 is 0 Å². The van der Waals surface area contributed by atoms with Crippen molar-refractivity contribution in [3.63, 3.8) is 0 Å². The fourth-order valence-corrected chi connectivity index (χ4v) is 2.16. The van der Waals surface area contributed by atoms with Crippen LogP contribution in [0.4, 0.5) is 0 Å². The van der Waals surface area contributed by atoms with Crippen LogP contribution in [-0.4, -0.2) is 19.0 Å². The van der Waals surface area contributed by atoms with Crippen molar-refractivity contribution in [2.24, 2.45) is 5.73 Å². The lowest BCUT2D eigenvalue weighted by molar-refractivity contribution is 0.403. The van der Waals surface area contributed by atoms with Gasteiger partial charge in [-0.1, -0.05) is 36.4 Å². The molecule has 2 nitrogen and oxygen atoms in total. The first-order valence-electron chi connectivity index (χ1n) is 6.14. The van der Waals surface area contributed by atoms with Crippen molar-refractivity contribution in [3.05, 3.63) is 59.7 Å². The Labute approximate surface area is 109 Å². The van der Waals surface area contributed by atoms with Crippen LogP contribution in [0.1, 0.15) is 11.1 Å². The molecule has 2 rings (SSSR count). The van der Waals surface area contributed by atoms with Crippen molar-refractivity contribution in [2.75, 3.05) is 14.1 Å². The van der Waals surface area contributed by atoms with Crippen LogP contribution in [0.3, 0.4) is 0 Å². The van der Waals surface area contributed by atoms with E-state index in [0.717, 1.165) is 12.1 Å². The molecule has 0 saturated heterocycles. The Morgan fingerprint density at radius 2 is 1.78 bits per heavy atom. The Kier molecular flexibility index (Phi) is 4.13. The predicted molar refractivity (Wildman–Crippen MR) is 76.0 cm³/mol. The SMILES string of the molecule is CN(C)Cc1ccccc1-c1cc[c]cc1CN. The zero-order valence-corrected chi connectivity index (χ0v) is 11.0. The summed E-state index contributed by atoms with van der Waals surface area (Å²) in [6.45, 7) is 1.47. The maximum atomic E-state index is 5.81. The normalized spacial score (nSPS) is 10.9. The van der Waals surface area contributed by atoms with Crippen LogP contribution in [0.25, 0.3) is 11.1 Å². The van der Waals surface area contributed by atoms with Crippen LogP contribution in [-0.2, 0) is 13.1 Å². The Morgan fingerprint density at radius 3 is 2.50 bits per heavy atom. The largest absolute Gasteiger partial charge is 0.326 e. The first-order valence-corrected chi connectivity index (χ1v) is 6.14. The lowest BCUT2D eigenvalue weighted by Gasteiger charge is -2.16. The van der Waals surface area contributed by atoms with Gasteiger partial charge in [0.15, 0.2) is 0 Å². The Hall–Kier alpha value is -1.64. The van der Waals surface area contributed by atoms with Crippen molar-refractivity contribution in [1.29, 1.82) is 0 Å². The molecule has 93 valence electrons. The molecule has 0 aliphatic heterocycles. The van der Waals surface area contributed by atoms with Gasteiger partial charge < -0.3 is 10.6 Å². The molecule has 0 aliphatic carbocycles. The van der Waals surface area contributed by atoms with E-state index in [-0.39, 0.29) is 0 Å². The van der Waals surface area contributed by atoms with Gasteiger partial charge in [-0.25, -0.2) is 0 Å². The van der Waals surface area contributed by atoms with Gasteiger partial charge in [0.1, 0.15) is 0 Å². The molecule has 0 fully saturated rings. The van der Waals surface area contributed by atoms with Crippen molar-refractivity contribution < 1.29 is 0 Å². The number of nitrogens with zero attached hydrogens (tertiary/aromatic N) is 1. The molecule has 0 aliphatic rings.